The Morgan fingerprint density at radius 1 is 1.19 bits per heavy atom. The summed E-state index contributed by atoms with van der Waals surface area (Å²) in [4.78, 5) is 13.4. The minimum Gasteiger partial charge on any atom is -0.348 e. The van der Waals surface area contributed by atoms with Crippen molar-refractivity contribution in [2.24, 2.45) is 0 Å². The third-order valence-electron chi connectivity index (χ3n) is 4.46. The minimum absolute atomic E-state index is 0.0122. The molecule has 1 unspecified atom stereocenters. The van der Waals surface area contributed by atoms with Crippen molar-refractivity contribution in [3.63, 3.8) is 0 Å². The predicted molar refractivity (Wildman–Crippen MR) is 111 cm³/mol. The Hall–Kier alpha value is -1.50. The molecule has 0 saturated carbocycles. The molecule has 1 amide bonds. The standard InChI is InChI=1S/C20H22ClNO3S2/c21-16-8-9-19-17(13-16)18(10-11-26-19)22-20(23)14-27(24,25)12-4-7-15-5-2-1-3-6-15/h1-3,5-6,8-9,13,18H,4,7,10-12,14H2,(H,22,23). The van der Waals surface area contributed by atoms with Crippen molar-refractivity contribution in [3.8, 4) is 0 Å². The first-order valence-electron chi connectivity index (χ1n) is 8.89. The van der Waals surface area contributed by atoms with Crippen LogP contribution in [0.2, 0.25) is 5.02 Å². The molecule has 1 N–H and O–H groups in total. The Kier molecular flexibility index (Phi) is 6.84. The van der Waals surface area contributed by atoms with Gasteiger partial charge in [0.2, 0.25) is 5.91 Å². The summed E-state index contributed by atoms with van der Waals surface area (Å²) in [5, 5.41) is 3.49. The molecule has 144 valence electrons. The quantitative estimate of drug-likeness (QED) is 0.729. The largest absolute Gasteiger partial charge is 0.348 e. The molecule has 2 aromatic rings. The van der Waals surface area contributed by atoms with E-state index < -0.39 is 21.5 Å². The molecule has 1 heterocycles. The van der Waals surface area contributed by atoms with E-state index >= 15 is 0 Å². The van der Waals surface area contributed by atoms with Gasteiger partial charge in [-0.15, -0.1) is 11.8 Å². The first-order chi connectivity index (χ1) is 12.9. The highest BCUT2D eigenvalue weighted by molar-refractivity contribution is 7.99. The summed E-state index contributed by atoms with van der Waals surface area (Å²) in [6.45, 7) is 0. The lowest BCUT2D eigenvalue weighted by molar-refractivity contribution is -0.119. The number of amides is 1. The molecule has 0 bridgehead atoms. The van der Waals surface area contributed by atoms with Crippen molar-refractivity contribution in [2.45, 2.75) is 30.2 Å². The van der Waals surface area contributed by atoms with E-state index in [1.54, 1.807) is 11.8 Å². The fourth-order valence-corrected chi connectivity index (χ4v) is 5.66. The highest BCUT2D eigenvalue weighted by Crippen LogP contribution is 2.37. The fourth-order valence-electron chi connectivity index (χ4n) is 3.16. The molecular weight excluding hydrogens is 402 g/mol. The summed E-state index contributed by atoms with van der Waals surface area (Å²) >= 11 is 7.80. The number of aryl methyl sites for hydroxylation is 1. The Balaban J connectivity index is 1.54. The zero-order chi connectivity index (χ0) is 19.3. The molecule has 0 spiro atoms. The van der Waals surface area contributed by atoms with E-state index in [0.29, 0.717) is 17.9 Å². The SMILES string of the molecule is O=C(CS(=O)(=O)CCCc1ccccc1)NC1CCSc2ccc(Cl)cc21. The van der Waals surface area contributed by atoms with Crippen molar-refractivity contribution in [1.29, 1.82) is 0 Å². The summed E-state index contributed by atoms with van der Waals surface area (Å²) in [6.07, 6.45) is 1.96. The number of hydrogen-bond donors (Lipinski definition) is 1. The van der Waals surface area contributed by atoms with Crippen LogP contribution in [0.3, 0.4) is 0 Å². The normalized spacial score (nSPS) is 16.6. The second kappa shape index (κ2) is 9.13. The van der Waals surface area contributed by atoms with Gasteiger partial charge in [0, 0.05) is 15.7 Å². The molecule has 0 fully saturated rings. The third-order valence-corrected chi connectivity index (χ3v) is 7.43. The lowest BCUT2D eigenvalue weighted by Gasteiger charge is -2.26. The van der Waals surface area contributed by atoms with E-state index in [1.807, 2.05) is 48.5 Å². The number of thioether (sulfide) groups is 1. The van der Waals surface area contributed by atoms with Gasteiger partial charge in [-0.3, -0.25) is 4.79 Å². The third kappa shape index (κ3) is 5.99. The highest BCUT2D eigenvalue weighted by Gasteiger charge is 2.24. The molecule has 1 aliphatic rings. The summed E-state index contributed by atoms with van der Waals surface area (Å²) in [5.41, 5.74) is 2.07. The van der Waals surface area contributed by atoms with Crippen LogP contribution in [0.5, 0.6) is 0 Å². The average Bonchev–Trinajstić information content (AvgIpc) is 2.62. The topological polar surface area (TPSA) is 63.2 Å². The van der Waals surface area contributed by atoms with Crippen LogP contribution in [0.4, 0.5) is 0 Å². The van der Waals surface area contributed by atoms with Crippen LogP contribution in [-0.2, 0) is 21.1 Å². The van der Waals surface area contributed by atoms with Crippen LogP contribution in [0.25, 0.3) is 0 Å². The van der Waals surface area contributed by atoms with Crippen molar-refractivity contribution < 1.29 is 13.2 Å². The first kappa shape index (κ1) is 20.2. The number of rotatable bonds is 7. The molecule has 0 saturated heterocycles. The number of benzene rings is 2. The number of halogens is 1. The molecular formula is C20H22ClNO3S2. The van der Waals surface area contributed by atoms with E-state index in [9.17, 15) is 13.2 Å². The number of fused-ring (bicyclic) bond motifs is 1. The lowest BCUT2D eigenvalue weighted by Crippen LogP contribution is -2.35. The summed E-state index contributed by atoms with van der Waals surface area (Å²) in [7, 11) is -3.43. The van der Waals surface area contributed by atoms with Gasteiger partial charge in [-0.25, -0.2) is 8.42 Å². The summed E-state index contributed by atoms with van der Waals surface area (Å²) in [6, 6.07) is 15.2. The van der Waals surface area contributed by atoms with Crippen molar-refractivity contribution in [1.82, 2.24) is 5.32 Å². The van der Waals surface area contributed by atoms with Crippen LogP contribution in [0, 0.1) is 0 Å². The van der Waals surface area contributed by atoms with Crippen LogP contribution < -0.4 is 5.32 Å². The highest BCUT2D eigenvalue weighted by atomic mass is 35.5. The van der Waals surface area contributed by atoms with E-state index in [0.717, 1.165) is 28.2 Å². The van der Waals surface area contributed by atoms with Crippen LogP contribution in [-0.4, -0.2) is 31.6 Å². The molecule has 27 heavy (non-hydrogen) atoms. The molecule has 0 radical (unpaired) electrons. The van der Waals surface area contributed by atoms with Gasteiger partial charge in [0.05, 0.1) is 11.8 Å². The van der Waals surface area contributed by atoms with Crippen molar-refractivity contribution in [3.05, 3.63) is 64.7 Å². The van der Waals surface area contributed by atoms with Gasteiger partial charge in [-0.2, -0.15) is 0 Å². The maximum Gasteiger partial charge on any atom is 0.235 e. The van der Waals surface area contributed by atoms with E-state index in [4.69, 9.17) is 11.6 Å². The smallest absolute Gasteiger partial charge is 0.235 e. The van der Waals surface area contributed by atoms with Gasteiger partial charge in [-0.05, 0) is 48.6 Å². The zero-order valence-corrected chi connectivity index (χ0v) is 17.2. The Morgan fingerprint density at radius 3 is 2.74 bits per heavy atom. The van der Waals surface area contributed by atoms with Gasteiger partial charge in [0.15, 0.2) is 9.84 Å². The minimum atomic E-state index is -3.43. The maximum atomic E-state index is 12.3. The zero-order valence-electron chi connectivity index (χ0n) is 14.9. The van der Waals surface area contributed by atoms with Gasteiger partial charge in [-0.1, -0.05) is 41.9 Å². The number of sulfone groups is 1. The fraction of sp³-hybridized carbons (Fsp3) is 0.350. The Labute approximate surface area is 169 Å². The van der Waals surface area contributed by atoms with E-state index in [2.05, 4.69) is 5.32 Å². The summed E-state index contributed by atoms with van der Waals surface area (Å²) in [5.74, 6) is -0.0271. The second-order valence-electron chi connectivity index (χ2n) is 6.62. The van der Waals surface area contributed by atoms with Crippen molar-refractivity contribution >= 4 is 39.1 Å². The van der Waals surface area contributed by atoms with Gasteiger partial charge < -0.3 is 5.32 Å². The molecule has 0 aromatic heterocycles. The first-order valence-corrected chi connectivity index (χ1v) is 12.1. The number of carbonyl (C=O) groups excluding carboxylic acids is 1. The van der Waals surface area contributed by atoms with E-state index in [1.165, 1.54) is 0 Å². The van der Waals surface area contributed by atoms with Gasteiger partial charge in [0.1, 0.15) is 5.75 Å². The van der Waals surface area contributed by atoms with Gasteiger partial charge in [0.25, 0.3) is 0 Å². The maximum absolute atomic E-state index is 12.3. The van der Waals surface area contributed by atoms with Crippen LogP contribution in [0.15, 0.2) is 53.4 Å². The molecule has 0 aliphatic carbocycles. The second-order valence-corrected chi connectivity index (χ2v) is 10.4. The number of nitrogens with one attached hydrogen (secondary N) is 1. The molecule has 4 nitrogen and oxygen atoms in total. The predicted octanol–water partition coefficient (Wildman–Crippen LogP) is 4.04. The number of hydrogen-bond acceptors (Lipinski definition) is 4. The van der Waals surface area contributed by atoms with Crippen LogP contribution >= 0.6 is 23.4 Å². The molecule has 1 aliphatic heterocycles. The van der Waals surface area contributed by atoms with E-state index in [-0.39, 0.29) is 11.8 Å². The molecule has 7 heteroatoms. The Bertz CT molecular complexity index is 901. The molecule has 3 rings (SSSR count). The molecule has 1 atom stereocenters. The van der Waals surface area contributed by atoms with Gasteiger partial charge >= 0.3 is 0 Å². The van der Waals surface area contributed by atoms with Crippen molar-refractivity contribution in [2.75, 3.05) is 17.3 Å². The average molecular weight is 424 g/mol. The number of carbonyl (C=O) groups is 1. The molecule has 2 aromatic carbocycles. The lowest BCUT2D eigenvalue weighted by atomic mass is 10.0. The Morgan fingerprint density at radius 2 is 1.96 bits per heavy atom. The monoisotopic (exact) mass is 423 g/mol. The van der Waals surface area contributed by atoms with Crippen LogP contribution in [0.1, 0.15) is 30.0 Å². The summed E-state index contributed by atoms with van der Waals surface area (Å²) < 4.78 is 24.6.